The molecule has 23 heavy (non-hydrogen) atoms. The van der Waals surface area contributed by atoms with E-state index in [4.69, 9.17) is 0 Å². The Morgan fingerprint density at radius 1 is 1.13 bits per heavy atom. The monoisotopic (exact) mass is 338 g/mol. The number of nitrogens with zero attached hydrogens (tertiary/aromatic N) is 2. The topological polar surface area (TPSA) is 57.7 Å². The Kier molecular flexibility index (Phi) is 5.95. The lowest BCUT2D eigenvalue weighted by Crippen LogP contribution is -2.50. The molecule has 6 heteroatoms. The van der Waals surface area contributed by atoms with Crippen LogP contribution in [-0.4, -0.2) is 61.9 Å². The van der Waals surface area contributed by atoms with Gasteiger partial charge in [0.25, 0.3) is 0 Å². The van der Waals surface area contributed by atoms with E-state index in [0.29, 0.717) is 39.1 Å². The first-order chi connectivity index (χ1) is 10.8. The predicted molar refractivity (Wildman–Crippen MR) is 92.3 cm³/mol. The molecule has 5 nitrogen and oxygen atoms in total. The van der Waals surface area contributed by atoms with E-state index in [1.165, 1.54) is 0 Å². The molecule has 0 saturated carbocycles. The van der Waals surface area contributed by atoms with Gasteiger partial charge >= 0.3 is 0 Å². The summed E-state index contributed by atoms with van der Waals surface area (Å²) in [6, 6.07) is 5.90. The lowest BCUT2D eigenvalue weighted by Gasteiger charge is -2.33. The number of Topliss-reactive ketones (excluding diaryl/α,β-unsaturated/α-hetero) is 1. The number of carbonyl (C=O) groups excluding carboxylic acids is 1. The zero-order valence-corrected chi connectivity index (χ0v) is 15.0. The normalized spacial score (nSPS) is 17.3. The third-order valence-corrected chi connectivity index (χ3v) is 6.32. The quantitative estimate of drug-likeness (QED) is 0.743. The van der Waals surface area contributed by atoms with E-state index in [1.807, 2.05) is 43.9 Å². The molecule has 0 spiro atoms. The number of hydrogen-bond donors (Lipinski definition) is 0. The van der Waals surface area contributed by atoms with Gasteiger partial charge in [0.15, 0.2) is 5.78 Å². The van der Waals surface area contributed by atoms with Crippen molar-refractivity contribution < 1.29 is 13.2 Å². The van der Waals surface area contributed by atoms with Gasteiger partial charge in [0, 0.05) is 31.7 Å². The molecule has 1 aliphatic heterocycles. The predicted octanol–water partition coefficient (Wildman–Crippen LogP) is 1.84. The smallest absolute Gasteiger partial charge is 0.214 e. The van der Waals surface area contributed by atoms with Crippen LogP contribution in [0.2, 0.25) is 0 Å². The van der Waals surface area contributed by atoms with Crippen LogP contribution in [-0.2, 0) is 10.0 Å². The van der Waals surface area contributed by atoms with Gasteiger partial charge in [-0.25, -0.2) is 8.42 Å². The van der Waals surface area contributed by atoms with E-state index in [2.05, 4.69) is 0 Å². The van der Waals surface area contributed by atoms with Crippen molar-refractivity contribution in [2.75, 3.05) is 38.5 Å². The summed E-state index contributed by atoms with van der Waals surface area (Å²) < 4.78 is 25.7. The average Bonchev–Trinajstić information content (AvgIpc) is 2.50. The first-order valence-electron chi connectivity index (χ1n) is 8.14. The molecule has 0 unspecified atom stereocenters. The van der Waals surface area contributed by atoms with E-state index in [0.717, 1.165) is 16.7 Å². The van der Waals surface area contributed by atoms with Crippen molar-refractivity contribution in [2.45, 2.75) is 27.2 Å². The molecule has 1 aliphatic rings. The maximum Gasteiger partial charge on any atom is 0.214 e. The summed E-state index contributed by atoms with van der Waals surface area (Å²) in [7, 11) is -3.13. The number of benzene rings is 1. The van der Waals surface area contributed by atoms with Gasteiger partial charge in [-0.15, -0.1) is 0 Å². The molecule has 0 aromatic heterocycles. The van der Waals surface area contributed by atoms with E-state index in [1.54, 1.807) is 4.31 Å². The van der Waals surface area contributed by atoms with Crippen LogP contribution in [0.25, 0.3) is 0 Å². The van der Waals surface area contributed by atoms with Gasteiger partial charge in [-0.05, 0) is 31.9 Å². The Hall–Kier alpha value is -1.24. The minimum atomic E-state index is -3.13. The number of piperazine rings is 1. The molecule has 1 fully saturated rings. The number of ketones is 1. The van der Waals surface area contributed by atoms with E-state index >= 15 is 0 Å². The van der Waals surface area contributed by atoms with Crippen molar-refractivity contribution in [3.63, 3.8) is 0 Å². The number of sulfonamides is 1. The van der Waals surface area contributed by atoms with Crippen LogP contribution >= 0.6 is 0 Å². The highest BCUT2D eigenvalue weighted by Crippen LogP contribution is 2.14. The summed E-state index contributed by atoms with van der Waals surface area (Å²) in [6.07, 6.45) is 0.633. The second-order valence-electron chi connectivity index (χ2n) is 6.23. The lowest BCUT2D eigenvalue weighted by atomic mass is 10.0. The second-order valence-corrected chi connectivity index (χ2v) is 8.32. The van der Waals surface area contributed by atoms with Crippen molar-refractivity contribution in [3.05, 3.63) is 34.9 Å². The molecule has 0 bridgehead atoms. The Labute approximate surface area is 139 Å². The van der Waals surface area contributed by atoms with Gasteiger partial charge in [0.2, 0.25) is 10.0 Å². The molecule has 128 valence electrons. The number of carbonyl (C=O) groups is 1. The maximum atomic E-state index is 12.5. The summed E-state index contributed by atoms with van der Waals surface area (Å²) in [6.45, 7) is 8.32. The third-order valence-electron chi connectivity index (χ3n) is 4.25. The molecule has 1 aromatic rings. The molecule has 1 aromatic carbocycles. The Balaban J connectivity index is 1.94. The fourth-order valence-electron chi connectivity index (χ4n) is 2.88. The van der Waals surface area contributed by atoms with Crippen LogP contribution < -0.4 is 0 Å². The van der Waals surface area contributed by atoms with Crippen molar-refractivity contribution in [3.8, 4) is 0 Å². The molecule has 0 radical (unpaired) electrons. The molecule has 0 atom stereocenters. The van der Waals surface area contributed by atoms with Gasteiger partial charge < -0.3 is 0 Å². The molecule has 2 rings (SSSR count). The number of aryl methyl sites for hydroxylation is 2. The van der Waals surface area contributed by atoms with E-state index in [-0.39, 0.29) is 11.5 Å². The van der Waals surface area contributed by atoms with Gasteiger partial charge in [-0.1, -0.05) is 24.6 Å². The zero-order valence-electron chi connectivity index (χ0n) is 14.2. The first kappa shape index (κ1) is 18.1. The van der Waals surface area contributed by atoms with Crippen LogP contribution in [0, 0.1) is 13.8 Å². The van der Waals surface area contributed by atoms with Gasteiger partial charge in [-0.2, -0.15) is 4.31 Å². The second kappa shape index (κ2) is 7.55. The summed E-state index contributed by atoms with van der Waals surface area (Å²) >= 11 is 0. The molecule has 1 heterocycles. The molecule has 0 amide bonds. The minimum absolute atomic E-state index is 0.107. The fourth-order valence-corrected chi connectivity index (χ4v) is 4.37. The minimum Gasteiger partial charge on any atom is -0.293 e. The fraction of sp³-hybridized carbons (Fsp3) is 0.588. The Morgan fingerprint density at radius 3 is 2.39 bits per heavy atom. The Morgan fingerprint density at radius 2 is 1.78 bits per heavy atom. The van der Waals surface area contributed by atoms with Gasteiger partial charge in [0.05, 0.1) is 12.3 Å². The number of hydrogen-bond acceptors (Lipinski definition) is 4. The maximum absolute atomic E-state index is 12.5. The lowest BCUT2D eigenvalue weighted by molar-refractivity contribution is 0.0901. The van der Waals surface area contributed by atoms with E-state index < -0.39 is 10.0 Å². The largest absolute Gasteiger partial charge is 0.293 e. The SMILES string of the molecule is CCCS(=O)(=O)N1CCN(CC(=O)c2cc(C)ccc2C)CC1. The van der Waals surface area contributed by atoms with Gasteiger partial charge in [-0.3, -0.25) is 9.69 Å². The third kappa shape index (κ3) is 4.62. The molecular formula is C17H26N2O3S. The summed E-state index contributed by atoms with van der Waals surface area (Å²) in [5, 5.41) is 0. The van der Waals surface area contributed by atoms with Crippen LogP contribution in [0.15, 0.2) is 18.2 Å². The molecule has 0 aliphatic carbocycles. The molecule has 0 N–H and O–H groups in total. The summed E-state index contributed by atoms with van der Waals surface area (Å²) in [5.41, 5.74) is 2.84. The number of rotatable bonds is 6. The summed E-state index contributed by atoms with van der Waals surface area (Å²) in [4.78, 5) is 14.5. The van der Waals surface area contributed by atoms with Crippen LogP contribution in [0.5, 0.6) is 0 Å². The highest BCUT2D eigenvalue weighted by atomic mass is 32.2. The summed E-state index contributed by atoms with van der Waals surface area (Å²) in [5.74, 6) is 0.310. The Bertz CT molecular complexity index is 662. The molecule has 1 saturated heterocycles. The van der Waals surface area contributed by atoms with Crippen LogP contribution in [0.3, 0.4) is 0 Å². The average molecular weight is 338 g/mol. The highest BCUT2D eigenvalue weighted by molar-refractivity contribution is 7.89. The van der Waals surface area contributed by atoms with Crippen LogP contribution in [0.4, 0.5) is 0 Å². The van der Waals surface area contributed by atoms with Gasteiger partial charge in [0.1, 0.15) is 0 Å². The van der Waals surface area contributed by atoms with Crippen molar-refractivity contribution in [2.24, 2.45) is 0 Å². The highest BCUT2D eigenvalue weighted by Gasteiger charge is 2.27. The first-order valence-corrected chi connectivity index (χ1v) is 9.75. The standard InChI is InChI=1S/C17H26N2O3S/c1-4-11-23(21,22)19-9-7-18(8-10-19)13-17(20)16-12-14(2)5-6-15(16)3/h5-6,12H,4,7-11,13H2,1-3H3. The van der Waals surface area contributed by atoms with Crippen molar-refractivity contribution in [1.29, 1.82) is 0 Å². The van der Waals surface area contributed by atoms with E-state index in [9.17, 15) is 13.2 Å². The van der Waals surface area contributed by atoms with Crippen molar-refractivity contribution in [1.82, 2.24) is 9.21 Å². The van der Waals surface area contributed by atoms with Crippen molar-refractivity contribution >= 4 is 15.8 Å². The van der Waals surface area contributed by atoms with Crippen LogP contribution in [0.1, 0.15) is 34.8 Å². The zero-order chi connectivity index (χ0) is 17.0. The molecular weight excluding hydrogens is 312 g/mol.